The molecule has 2 N–H and O–H groups in total. The Labute approximate surface area is 115 Å². The first-order valence-electron chi connectivity index (χ1n) is 7.61. The minimum atomic E-state index is 0.584. The highest BCUT2D eigenvalue weighted by Gasteiger charge is 2.19. The third-order valence-corrected chi connectivity index (χ3v) is 4.13. The minimum Gasteiger partial charge on any atom is -0.379 e. The number of hydrogen-bond acceptors (Lipinski definition) is 4. The van der Waals surface area contributed by atoms with E-state index in [1.54, 1.807) is 0 Å². The number of pyridine rings is 1. The van der Waals surface area contributed by atoms with E-state index in [9.17, 15) is 0 Å². The first-order chi connectivity index (χ1) is 9.43. The smallest absolute Gasteiger partial charge is 0.151 e. The molecule has 0 saturated carbocycles. The van der Waals surface area contributed by atoms with Gasteiger partial charge in [0.2, 0.25) is 0 Å². The molecule has 1 unspecified atom stereocenters. The number of nitrogens with one attached hydrogen (secondary N) is 2. The van der Waals surface area contributed by atoms with Gasteiger partial charge in [-0.1, -0.05) is 0 Å². The second-order valence-electron chi connectivity index (χ2n) is 5.59. The van der Waals surface area contributed by atoms with Gasteiger partial charge < -0.3 is 15.5 Å². The second kappa shape index (κ2) is 6.24. The van der Waals surface area contributed by atoms with Crippen LogP contribution in [0.4, 0.5) is 11.5 Å². The predicted octanol–water partition coefficient (Wildman–Crippen LogP) is 2.24. The Balaban J connectivity index is 1.72. The minimum absolute atomic E-state index is 0.584. The maximum absolute atomic E-state index is 4.60. The zero-order valence-corrected chi connectivity index (χ0v) is 11.6. The van der Waals surface area contributed by atoms with Crippen molar-refractivity contribution < 1.29 is 0 Å². The fraction of sp³-hybridized carbons (Fsp3) is 0.667. The van der Waals surface area contributed by atoms with Crippen molar-refractivity contribution in [2.24, 2.45) is 0 Å². The molecule has 0 amide bonds. The van der Waals surface area contributed by atoms with E-state index in [4.69, 9.17) is 0 Å². The van der Waals surface area contributed by atoms with Crippen LogP contribution >= 0.6 is 0 Å². The molecule has 2 fully saturated rings. The van der Waals surface area contributed by atoms with Gasteiger partial charge in [0, 0.05) is 25.3 Å². The van der Waals surface area contributed by atoms with E-state index in [2.05, 4.69) is 26.6 Å². The molecule has 2 aliphatic rings. The van der Waals surface area contributed by atoms with Crippen LogP contribution in [0.2, 0.25) is 0 Å². The zero-order valence-electron chi connectivity index (χ0n) is 11.6. The van der Waals surface area contributed by atoms with Crippen molar-refractivity contribution in [1.29, 1.82) is 0 Å². The quantitative estimate of drug-likeness (QED) is 0.874. The Kier molecular flexibility index (Phi) is 4.18. The van der Waals surface area contributed by atoms with Crippen LogP contribution in [0.15, 0.2) is 18.3 Å². The molecule has 1 aromatic heterocycles. The van der Waals surface area contributed by atoms with E-state index < -0.39 is 0 Å². The lowest BCUT2D eigenvalue weighted by atomic mass is 10.1. The number of anilines is 2. The van der Waals surface area contributed by atoms with Crippen molar-refractivity contribution in [1.82, 2.24) is 10.3 Å². The van der Waals surface area contributed by atoms with Gasteiger partial charge in [0.1, 0.15) is 0 Å². The lowest BCUT2D eigenvalue weighted by molar-refractivity contribution is 0.637. The Morgan fingerprint density at radius 2 is 2.05 bits per heavy atom. The number of nitrogens with zero attached hydrogens (tertiary/aromatic N) is 2. The van der Waals surface area contributed by atoms with Crippen molar-refractivity contribution in [2.45, 2.75) is 38.1 Å². The molecule has 1 atom stereocenters. The summed E-state index contributed by atoms with van der Waals surface area (Å²) in [6.07, 6.45) is 8.22. The van der Waals surface area contributed by atoms with Gasteiger partial charge >= 0.3 is 0 Å². The maximum atomic E-state index is 4.60. The summed E-state index contributed by atoms with van der Waals surface area (Å²) in [5.74, 6) is 1.15. The van der Waals surface area contributed by atoms with Crippen molar-refractivity contribution in [3.8, 4) is 0 Å². The number of aromatic nitrogens is 1. The Morgan fingerprint density at radius 3 is 2.95 bits per heavy atom. The van der Waals surface area contributed by atoms with Crippen molar-refractivity contribution in [3.63, 3.8) is 0 Å². The fourth-order valence-electron chi connectivity index (χ4n) is 3.07. The molecule has 0 spiro atoms. The van der Waals surface area contributed by atoms with Crippen LogP contribution < -0.4 is 15.5 Å². The van der Waals surface area contributed by atoms with Crippen LogP contribution in [-0.4, -0.2) is 37.2 Å². The van der Waals surface area contributed by atoms with Gasteiger partial charge in [0.05, 0.1) is 5.69 Å². The van der Waals surface area contributed by atoms with Gasteiger partial charge in [-0.25, -0.2) is 4.98 Å². The lowest BCUT2D eigenvalue weighted by Crippen LogP contribution is -2.25. The third kappa shape index (κ3) is 3.18. The first kappa shape index (κ1) is 12.7. The molecule has 0 aromatic carbocycles. The summed E-state index contributed by atoms with van der Waals surface area (Å²) in [4.78, 5) is 7.01. The van der Waals surface area contributed by atoms with Gasteiger partial charge in [-0.15, -0.1) is 0 Å². The van der Waals surface area contributed by atoms with Crippen LogP contribution in [0.5, 0.6) is 0 Å². The van der Waals surface area contributed by atoms with Crippen LogP contribution in [0.25, 0.3) is 0 Å². The van der Waals surface area contributed by atoms with Crippen LogP contribution in [0, 0.1) is 0 Å². The highest BCUT2D eigenvalue weighted by Crippen LogP contribution is 2.27. The largest absolute Gasteiger partial charge is 0.379 e. The Bertz CT molecular complexity index is 393. The molecule has 1 aromatic rings. The van der Waals surface area contributed by atoms with E-state index >= 15 is 0 Å². The summed E-state index contributed by atoms with van der Waals surface area (Å²) in [5, 5.41) is 7.19. The summed E-state index contributed by atoms with van der Waals surface area (Å²) in [6, 6.07) is 4.80. The molecule has 2 saturated heterocycles. The predicted molar refractivity (Wildman–Crippen MR) is 79.8 cm³/mol. The molecule has 0 radical (unpaired) electrons. The van der Waals surface area contributed by atoms with Crippen molar-refractivity contribution >= 4 is 11.5 Å². The Morgan fingerprint density at radius 1 is 1.16 bits per heavy atom. The van der Waals surface area contributed by atoms with Crippen LogP contribution in [-0.2, 0) is 0 Å². The SMILES string of the molecule is c1cnc(N2CCCC2)c(NC2CCCNCC2)c1. The Hall–Kier alpha value is -1.29. The average Bonchev–Trinajstić information content (AvgIpc) is 2.85. The standard InChI is InChI=1S/C15H24N4/c1-2-12-19(11-1)15-14(6-4-9-17-15)18-13-5-3-8-16-10-7-13/h4,6,9,13,16,18H,1-3,5,7-8,10-12H2. The molecule has 3 rings (SSSR count). The van der Waals surface area contributed by atoms with Crippen molar-refractivity contribution in [3.05, 3.63) is 18.3 Å². The first-order valence-corrected chi connectivity index (χ1v) is 7.61. The molecule has 3 heterocycles. The van der Waals surface area contributed by atoms with E-state index in [-0.39, 0.29) is 0 Å². The molecule has 0 aliphatic carbocycles. The lowest BCUT2D eigenvalue weighted by Gasteiger charge is -2.24. The monoisotopic (exact) mass is 260 g/mol. The number of rotatable bonds is 3. The van der Waals surface area contributed by atoms with Gasteiger partial charge in [0.25, 0.3) is 0 Å². The van der Waals surface area contributed by atoms with E-state index in [0.717, 1.165) is 32.0 Å². The highest BCUT2D eigenvalue weighted by atomic mass is 15.2. The zero-order chi connectivity index (χ0) is 12.9. The van der Waals surface area contributed by atoms with E-state index in [1.807, 2.05) is 12.3 Å². The number of hydrogen-bond donors (Lipinski definition) is 2. The van der Waals surface area contributed by atoms with Crippen LogP contribution in [0.1, 0.15) is 32.1 Å². The highest BCUT2D eigenvalue weighted by molar-refractivity contribution is 5.66. The summed E-state index contributed by atoms with van der Waals surface area (Å²) < 4.78 is 0. The molecule has 4 nitrogen and oxygen atoms in total. The molecule has 19 heavy (non-hydrogen) atoms. The van der Waals surface area contributed by atoms with Crippen molar-refractivity contribution in [2.75, 3.05) is 36.4 Å². The topological polar surface area (TPSA) is 40.2 Å². The summed E-state index contributed by atoms with van der Waals surface area (Å²) in [5.41, 5.74) is 1.22. The van der Waals surface area contributed by atoms with E-state index in [1.165, 1.54) is 37.8 Å². The summed E-state index contributed by atoms with van der Waals surface area (Å²) >= 11 is 0. The molecular weight excluding hydrogens is 236 g/mol. The van der Waals surface area contributed by atoms with Gasteiger partial charge in [0.15, 0.2) is 5.82 Å². The summed E-state index contributed by atoms with van der Waals surface area (Å²) in [6.45, 7) is 4.58. The third-order valence-electron chi connectivity index (χ3n) is 4.13. The van der Waals surface area contributed by atoms with E-state index in [0.29, 0.717) is 6.04 Å². The molecule has 2 aliphatic heterocycles. The molecule has 0 bridgehead atoms. The van der Waals surface area contributed by atoms with Gasteiger partial charge in [-0.2, -0.15) is 0 Å². The van der Waals surface area contributed by atoms with Crippen LogP contribution in [0.3, 0.4) is 0 Å². The van der Waals surface area contributed by atoms with Gasteiger partial charge in [-0.3, -0.25) is 0 Å². The molecule has 104 valence electrons. The summed E-state index contributed by atoms with van der Waals surface area (Å²) in [7, 11) is 0. The molecule has 4 heteroatoms. The maximum Gasteiger partial charge on any atom is 0.151 e. The van der Waals surface area contributed by atoms with Gasteiger partial charge in [-0.05, 0) is 57.3 Å². The fourth-order valence-corrected chi connectivity index (χ4v) is 3.07. The average molecular weight is 260 g/mol. The normalized spacial score (nSPS) is 24.2. The molecular formula is C15H24N4. The second-order valence-corrected chi connectivity index (χ2v) is 5.59.